The van der Waals surface area contributed by atoms with E-state index < -0.39 is 23.6 Å². The van der Waals surface area contributed by atoms with Crippen LogP contribution in [0.5, 0.6) is 0 Å². The molecule has 0 fully saturated rings. The van der Waals surface area contributed by atoms with E-state index in [0.29, 0.717) is 26.8 Å². The van der Waals surface area contributed by atoms with Crippen LogP contribution in [0.4, 0.5) is 8.78 Å². The van der Waals surface area contributed by atoms with Gasteiger partial charge in [0.05, 0.1) is 27.9 Å². The second-order valence-electron chi connectivity index (χ2n) is 7.06. The third kappa shape index (κ3) is 3.68. The summed E-state index contributed by atoms with van der Waals surface area (Å²) >= 11 is 1.31. The van der Waals surface area contributed by atoms with Gasteiger partial charge in [-0.3, -0.25) is 0 Å². The first kappa shape index (κ1) is 21.0. The molecule has 158 valence electrons. The SMILES string of the molecule is CSc1cc(-c2cc(C(=O)O)ccc2C)c2c(n1)C(c1c(F)cccc1F)N([O-])C=C2. The highest BCUT2D eigenvalue weighted by molar-refractivity contribution is 7.98. The van der Waals surface area contributed by atoms with Gasteiger partial charge in [0.2, 0.25) is 0 Å². The van der Waals surface area contributed by atoms with E-state index in [-0.39, 0.29) is 16.8 Å². The zero-order valence-electron chi connectivity index (χ0n) is 16.6. The fraction of sp³-hybridized carbons (Fsp3) is 0.130. The lowest BCUT2D eigenvalue weighted by molar-refractivity contribution is 0.0697. The average molecular weight is 439 g/mol. The summed E-state index contributed by atoms with van der Waals surface area (Å²) in [6.45, 7) is 1.84. The highest BCUT2D eigenvalue weighted by atomic mass is 32.2. The van der Waals surface area contributed by atoms with Gasteiger partial charge in [0.15, 0.2) is 0 Å². The van der Waals surface area contributed by atoms with Gasteiger partial charge in [-0.05, 0) is 72.5 Å². The summed E-state index contributed by atoms with van der Waals surface area (Å²) in [7, 11) is 0. The number of halogens is 2. The summed E-state index contributed by atoms with van der Waals surface area (Å²) in [4.78, 5) is 16.0. The molecule has 0 amide bonds. The van der Waals surface area contributed by atoms with Crippen molar-refractivity contribution >= 4 is 23.8 Å². The lowest BCUT2D eigenvalue weighted by atomic mass is 9.89. The van der Waals surface area contributed by atoms with E-state index in [0.717, 1.165) is 17.7 Å². The smallest absolute Gasteiger partial charge is 0.335 e. The van der Waals surface area contributed by atoms with Crippen LogP contribution in [-0.2, 0) is 0 Å². The first-order chi connectivity index (χ1) is 14.8. The molecule has 0 saturated heterocycles. The normalized spacial score (nSPS) is 15.1. The summed E-state index contributed by atoms with van der Waals surface area (Å²) < 4.78 is 29.2. The standard InChI is InChI=1S/C23H17F2N2O3S/c1-12-6-7-13(23(28)29)10-15(12)16-11-19(31-2)26-21-14(16)8-9-27(30)22(21)20-17(24)4-3-5-18(20)25/h3-11,22H,1-2H3,(H,28,29)/q-1. The lowest BCUT2D eigenvalue weighted by Gasteiger charge is -2.40. The highest BCUT2D eigenvalue weighted by Gasteiger charge is 2.30. The molecule has 3 aromatic rings. The first-order valence-electron chi connectivity index (χ1n) is 9.32. The number of carbonyl (C=O) groups is 1. The Morgan fingerprint density at radius 3 is 2.52 bits per heavy atom. The third-order valence-electron chi connectivity index (χ3n) is 5.22. The summed E-state index contributed by atoms with van der Waals surface area (Å²) in [5.41, 5.74) is 2.56. The van der Waals surface area contributed by atoms with Gasteiger partial charge in [0.25, 0.3) is 0 Å². The number of aromatic carboxylic acids is 1. The number of hydrogen-bond donors (Lipinski definition) is 1. The largest absolute Gasteiger partial charge is 0.758 e. The van der Waals surface area contributed by atoms with Crippen LogP contribution in [0, 0.1) is 23.8 Å². The van der Waals surface area contributed by atoms with Gasteiger partial charge in [-0.1, -0.05) is 12.1 Å². The number of fused-ring (bicyclic) bond motifs is 1. The Morgan fingerprint density at radius 1 is 1.16 bits per heavy atom. The lowest BCUT2D eigenvalue weighted by Crippen LogP contribution is -2.26. The Kier molecular flexibility index (Phi) is 5.51. The quantitative estimate of drug-likeness (QED) is 0.531. The van der Waals surface area contributed by atoms with Gasteiger partial charge in [-0.25, -0.2) is 18.6 Å². The van der Waals surface area contributed by atoms with Gasteiger partial charge >= 0.3 is 5.97 Å². The minimum atomic E-state index is -1.31. The molecule has 1 aromatic heterocycles. The minimum Gasteiger partial charge on any atom is -0.758 e. The van der Waals surface area contributed by atoms with Gasteiger partial charge in [0.1, 0.15) is 11.6 Å². The third-order valence-corrected chi connectivity index (χ3v) is 5.85. The summed E-state index contributed by atoms with van der Waals surface area (Å²) in [5.74, 6) is -2.75. The molecular weight excluding hydrogens is 422 g/mol. The van der Waals surface area contributed by atoms with Crippen molar-refractivity contribution in [2.75, 3.05) is 6.26 Å². The molecule has 0 saturated carbocycles. The van der Waals surface area contributed by atoms with Gasteiger partial charge in [-0.15, -0.1) is 11.8 Å². The molecule has 5 nitrogen and oxygen atoms in total. The average Bonchev–Trinajstić information content (AvgIpc) is 2.74. The molecule has 4 rings (SSSR count). The highest BCUT2D eigenvalue weighted by Crippen LogP contribution is 2.42. The summed E-state index contributed by atoms with van der Waals surface area (Å²) in [6.07, 6.45) is 4.54. The molecule has 0 radical (unpaired) electrons. The van der Waals surface area contributed by atoms with Crippen molar-refractivity contribution in [2.45, 2.75) is 18.0 Å². The molecular formula is C23H17F2N2O3S-. The van der Waals surface area contributed by atoms with Crippen molar-refractivity contribution in [3.8, 4) is 11.1 Å². The molecule has 2 heterocycles. The van der Waals surface area contributed by atoms with Gasteiger partial charge < -0.3 is 15.4 Å². The topological polar surface area (TPSA) is 76.5 Å². The van der Waals surface area contributed by atoms with E-state index in [9.17, 15) is 23.9 Å². The molecule has 1 N–H and O–H groups in total. The number of nitrogens with zero attached hydrogens (tertiary/aromatic N) is 2. The Balaban J connectivity index is 2.02. The number of benzene rings is 2. The maximum absolute atomic E-state index is 14.6. The van der Waals surface area contributed by atoms with Crippen molar-refractivity contribution in [2.24, 2.45) is 0 Å². The van der Waals surface area contributed by atoms with Crippen LogP contribution >= 0.6 is 11.8 Å². The maximum Gasteiger partial charge on any atom is 0.335 e. The van der Waals surface area contributed by atoms with Gasteiger partial charge in [-0.2, -0.15) is 0 Å². The Bertz CT molecular complexity index is 1210. The van der Waals surface area contributed by atoms with Crippen molar-refractivity contribution in [3.63, 3.8) is 0 Å². The van der Waals surface area contributed by atoms with Gasteiger partial charge in [0, 0.05) is 5.56 Å². The van der Waals surface area contributed by atoms with Crippen LogP contribution in [-0.4, -0.2) is 27.4 Å². The van der Waals surface area contributed by atoms with E-state index in [4.69, 9.17) is 0 Å². The van der Waals surface area contributed by atoms with Crippen LogP contribution in [0.15, 0.2) is 53.7 Å². The van der Waals surface area contributed by atoms with Crippen molar-refractivity contribution in [1.82, 2.24) is 10.0 Å². The summed E-state index contributed by atoms with van der Waals surface area (Å²) in [6, 6.07) is 8.68. The van der Waals surface area contributed by atoms with E-state index in [1.54, 1.807) is 24.5 Å². The number of aryl methyl sites for hydroxylation is 1. The number of carboxylic acid groups (broad SMARTS) is 1. The molecule has 1 atom stereocenters. The molecule has 0 bridgehead atoms. The second-order valence-corrected chi connectivity index (χ2v) is 7.89. The predicted molar refractivity (Wildman–Crippen MR) is 116 cm³/mol. The monoisotopic (exact) mass is 439 g/mol. The number of pyridine rings is 1. The fourth-order valence-corrected chi connectivity index (χ4v) is 4.12. The summed E-state index contributed by atoms with van der Waals surface area (Å²) in [5, 5.41) is 23.1. The van der Waals surface area contributed by atoms with Crippen LogP contribution in [0.25, 0.3) is 17.2 Å². The molecule has 1 aliphatic heterocycles. The van der Waals surface area contributed by atoms with Crippen LogP contribution in [0.3, 0.4) is 0 Å². The van der Waals surface area contributed by atoms with Crippen molar-refractivity contribution in [1.29, 1.82) is 0 Å². The van der Waals surface area contributed by atoms with E-state index >= 15 is 0 Å². The van der Waals surface area contributed by atoms with E-state index in [1.165, 1.54) is 36.2 Å². The Hall–Kier alpha value is -3.23. The maximum atomic E-state index is 14.6. The second kappa shape index (κ2) is 8.13. The molecule has 8 heteroatoms. The van der Waals surface area contributed by atoms with E-state index in [1.807, 2.05) is 6.92 Å². The molecule has 2 aromatic carbocycles. The van der Waals surface area contributed by atoms with Crippen LogP contribution in [0.2, 0.25) is 0 Å². The number of thioether (sulfide) groups is 1. The molecule has 31 heavy (non-hydrogen) atoms. The zero-order valence-corrected chi connectivity index (χ0v) is 17.4. The van der Waals surface area contributed by atoms with Crippen LogP contribution < -0.4 is 0 Å². The molecule has 0 spiro atoms. The number of aromatic nitrogens is 1. The first-order valence-corrected chi connectivity index (χ1v) is 10.5. The fourth-order valence-electron chi connectivity index (χ4n) is 3.70. The predicted octanol–water partition coefficient (Wildman–Crippen LogP) is 5.63. The van der Waals surface area contributed by atoms with E-state index in [2.05, 4.69) is 4.98 Å². The number of hydroxylamine groups is 2. The Labute approximate surface area is 181 Å². The zero-order chi connectivity index (χ0) is 22.3. The molecule has 0 aliphatic carbocycles. The van der Waals surface area contributed by atoms with Crippen molar-refractivity contribution < 1.29 is 18.7 Å². The molecule has 1 aliphatic rings. The number of hydrogen-bond acceptors (Lipinski definition) is 5. The number of rotatable bonds is 4. The number of carboxylic acids is 1. The van der Waals surface area contributed by atoms with Crippen molar-refractivity contribution in [3.05, 3.63) is 93.5 Å². The minimum absolute atomic E-state index is 0.110. The molecule has 1 unspecified atom stereocenters. The Morgan fingerprint density at radius 2 is 1.87 bits per heavy atom. The van der Waals surface area contributed by atoms with Crippen LogP contribution in [0.1, 0.15) is 38.8 Å².